The zero-order valence-corrected chi connectivity index (χ0v) is 12.5. The van der Waals surface area contributed by atoms with Crippen molar-refractivity contribution in [1.82, 2.24) is 0 Å². The van der Waals surface area contributed by atoms with Gasteiger partial charge in [-0.05, 0) is 13.0 Å². The van der Waals surface area contributed by atoms with Crippen LogP contribution in [0.2, 0.25) is 0 Å². The van der Waals surface area contributed by atoms with Gasteiger partial charge < -0.3 is 9.47 Å². The number of nitro benzene ring substituents is 1. The van der Waals surface area contributed by atoms with E-state index in [4.69, 9.17) is 9.47 Å². The molecular formula is C16H17N2O4+. The van der Waals surface area contributed by atoms with Crippen molar-refractivity contribution in [3.8, 4) is 5.75 Å². The fourth-order valence-corrected chi connectivity index (χ4v) is 2.61. The summed E-state index contributed by atoms with van der Waals surface area (Å²) >= 11 is 0. The van der Waals surface area contributed by atoms with Gasteiger partial charge in [0.1, 0.15) is 5.75 Å². The summed E-state index contributed by atoms with van der Waals surface area (Å²) < 4.78 is 12.9. The predicted molar refractivity (Wildman–Crippen MR) is 78.6 cm³/mol. The highest BCUT2D eigenvalue weighted by Crippen LogP contribution is 2.32. The number of hydrogen-bond acceptors (Lipinski definition) is 4. The quantitative estimate of drug-likeness (QED) is 0.496. The minimum absolute atomic E-state index is 0.0637. The molecule has 0 fully saturated rings. The number of aryl methyl sites for hydroxylation is 1. The van der Waals surface area contributed by atoms with E-state index < -0.39 is 0 Å². The van der Waals surface area contributed by atoms with Crippen LogP contribution in [-0.2, 0) is 17.9 Å². The van der Waals surface area contributed by atoms with E-state index in [-0.39, 0.29) is 17.4 Å². The highest BCUT2D eigenvalue weighted by atomic mass is 16.7. The lowest BCUT2D eigenvalue weighted by molar-refractivity contribution is -0.694. The van der Waals surface area contributed by atoms with Gasteiger partial charge in [-0.1, -0.05) is 0 Å². The second-order valence-corrected chi connectivity index (χ2v) is 5.37. The van der Waals surface area contributed by atoms with Crippen LogP contribution in [0.15, 0.2) is 30.5 Å². The van der Waals surface area contributed by atoms with Crippen LogP contribution in [-0.4, -0.2) is 11.7 Å². The third-order valence-corrected chi connectivity index (χ3v) is 3.94. The summed E-state index contributed by atoms with van der Waals surface area (Å²) in [4.78, 5) is 10.7. The first-order chi connectivity index (χ1) is 10.6. The fraction of sp³-hybridized carbons (Fsp3) is 0.312. The summed E-state index contributed by atoms with van der Waals surface area (Å²) in [6.45, 7) is 5.11. The Morgan fingerprint density at radius 3 is 2.95 bits per heavy atom. The van der Waals surface area contributed by atoms with Crippen LogP contribution < -0.4 is 9.30 Å². The van der Waals surface area contributed by atoms with Crippen molar-refractivity contribution >= 4 is 5.69 Å². The van der Waals surface area contributed by atoms with E-state index in [0.717, 1.165) is 16.8 Å². The average molecular weight is 301 g/mol. The van der Waals surface area contributed by atoms with Gasteiger partial charge in [0.2, 0.25) is 0 Å². The number of ether oxygens (including phenoxy) is 2. The predicted octanol–water partition coefficient (Wildman–Crippen LogP) is 2.41. The molecule has 1 aromatic heterocycles. The third kappa shape index (κ3) is 2.65. The summed E-state index contributed by atoms with van der Waals surface area (Å²) in [6.07, 6.45) is 1.97. The molecule has 0 atom stereocenters. The highest BCUT2D eigenvalue weighted by molar-refractivity contribution is 5.50. The summed E-state index contributed by atoms with van der Waals surface area (Å²) in [6, 6.07) is 7.11. The molecule has 0 spiro atoms. The molecule has 22 heavy (non-hydrogen) atoms. The van der Waals surface area contributed by atoms with E-state index in [1.807, 2.05) is 32.2 Å². The molecule has 114 valence electrons. The molecule has 2 aromatic rings. The van der Waals surface area contributed by atoms with Crippen LogP contribution in [0.4, 0.5) is 5.69 Å². The molecule has 1 aliphatic heterocycles. The van der Waals surface area contributed by atoms with Gasteiger partial charge in [0.15, 0.2) is 25.2 Å². The molecule has 1 aromatic carbocycles. The second-order valence-electron chi connectivity index (χ2n) is 5.37. The van der Waals surface area contributed by atoms with Crippen molar-refractivity contribution in [1.29, 1.82) is 0 Å². The number of nitrogens with zero attached hydrogens (tertiary/aromatic N) is 2. The van der Waals surface area contributed by atoms with Crippen molar-refractivity contribution in [3.05, 3.63) is 63.0 Å². The number of benzene rings is 1. The topological polar surface area (TPSA) is 65.5 Å². The van der Waals surface area contributed by atoms with E-state index in [1.54, 1.807) is 6.07 Å². The molecule has 0 bridgehead atoms. The number of hydrogen-bond donors (Lipinski definition) is 0. The normalized spacial score (nSPS) is 13.4. The number of aromatic nitrogens is 1. The third-order valence-electron chi connectivity index (χ3n) is 3.94. The minimum Gasteiger partial charge on any atom is -0.467 e. The number of non-ortho nitro benzene ring substituents is 1. The van der Waals surface area contributed by atoms with Gasteiger partial charge in [0.25, 0.3) is 5.69 Å². The van der Waals surface area contributed by atoms with Crippen LogP contribution in [0.5, 0.6) is 5.75 Å². The SMILES string of the molecule is Cc1ccc[n+](Cc2cc([N+](=O)[O-])cc3c2OCOC3)c1C. The summed E-state index contributed by atoms with van der Waals surface area (Å²) in [7, 11) is 0. The maximum Gasteiger partial charge on any atom is 0.270 e. The van der Waals surface area contributed by atoms with Crippen LogP contribution >= 0.6 is 0 Å². The monoisotopic (exact) mass is 301 g/mol. The molecular weight excluding hydrogens is 284 g/mol. The molecule has 0 N–H and O–H groups in total. The Labute approximate surface area is 128 Å². The van der Waals surface area contributed by atoms with E-state index in [1.165, 1.54) is 11.6 Å². The first-order valence-corrected chi connectivity index (χ1v) is 7.02. The van der Waals surface area contributed by atoms with Gasteiger partial charge >= 0.3 is 0 Å². The molecule has 2 heterocycles. The Bertz CT molecular complexity index is 743. The van der Waals surface area contributed by atoms with Gasteiger partial charge in [0, 0.05) is 36.2 Å². The maximum absolute atomic E-state index is 11.1. The number of pyridine rings is 1. The van der Waals surface area contributed by atoms with Crippen molar-refractivity contribution in [2.75, 3.05) is 6.79 Å². The Hall–Kier alpha value is -2.47. The van der Waals surface area contributed by atoms with Crippen LogP contribution in [0.3, 0.4) is 0 Å². The van der Waals surface area contributed by atoms with Crippen molar-refractivity contribution in [3.63, 3.8) is 0 Å². The Morgan fingerprint density at radius 1 is 1.36 bits per heavy atom. The standard InChI is InChI=1S/C16H17N2O4/c1-11-4-3-5-17(12(11)2)8-13-6-15(18(19)20)7-14-9-21-10-22-16(13)14/h3-7H,8-10H2,1-2H3/q+1. The lowest BCUT2D eigenvalue weighted by atomic mass is 10.1. The molecule has 0 radical (unpaired) electrons. The Balaban J connectivity index is 2.07. The molecule has 0 aliphatic carbocycles. The first-order valence-electron chi connectivity index (χ1n) is 7.02. The lowest BCUT2D eigenvalue weighted by Crippen LogP contribution is -2.38. The van der Waals surface area contributed by atoms with Crippen LogP contribution in [0.25, 0.3) is 0 Å². The minimum atomic E-state index is -0.383. The first kappa shape index (κ1) is 14.5. The summed E-state index contributed by atoms with van der Waals surface area (Å²) in [5.74, 6) is 0.699. The zero-order chi connectivity index (χ0) is 15.7. The lowest BCUT2D eigenvalue weighted by Gasteiger charge is -2.19. The van der Waals surface area contributed by atoms with Gasteiger partial charge in [-0.3, -0.25) is 10.1 Å². The summed E-state index contributed by atoms with van der Waals surface area (Å²) in [5, 5.41) is 11.1. The van der Waals surface area contributed by atoms with E-state index in [9.17, 15) is 10.1 Å². The van der Waals surface area contributed by atoms with Crippen molar-refractivity contribution in [2.24, 2.45) is 0 Å². The van der Waals surface area contributed by atoms with E-state index in [0.29, 0.717) is 18.9 Å². The van der Waals surface area contributed by atoms with Gasteiger partial charge in [0.05, 0.1) is 17.1 Å². The smallest absolute Gasteiger partial charge is 0.270 e. The Morgan fingerprint density at radius 2 is 2.18 bits per heavy atom. The fourth-order valence-electron chi connectivity index (χ4n) is 2.61. The highest BCUT2D eigenvalue weighted by Gasteiger charge is 2.23. The molecule has 3 rings (SSSR count). The van der Waals surface area contributed by atoms with Gasteiger partial charge in [-0.25, -0.2) is 0 Å². The van der Waals surface area contributed by atoms with Crippen LogP contribution in [0, 0.1) is 24.0 Å². The van der Waals surface area contributed by atoms with E-state index in [2.05, 4.69) is 4.57 Å². The number of fused-ring (bicyclic) bond motifs is 1. The average Bonchev–Trinajstić information content (AvgIpc) is 2.51. The molecule has 1 aliphatic rings. The second kappa shape index (κ2) is 5.73. The molecule has 0 saturated heterocycles. The molecule has 0 unspecified atom stereocenters. The maximum atomic E-state index is 11.1. The van der Waals surface area contributed by atoms with Gasteiger partial charge in [-0.15, -0.1) is 0 Å². The number of rotatable bonds is 3. The molecule has 6 nitrogen and oxygen atoms in total. The molecule has 0 amide bonds. The largest absolute Gasteiger partial charge is 0.467 e. The zero-order valence-electron chi connectivity index (χ0n) is 12.5. The molecule has 6 heteroatoms. The van der Waals surface area contributed by atoms with Crippen LogP contribution in [0.1, 0.15) is 22.4 Å². The summed E-state index contributed by atoms with van der Waals surface area (Å²) in [5.41, 5.74) is 3.88. The Kier molecular flexibility index (Phi) is 3.77. The van der Waals surface area contributed by atoms with E-state index >= 15 is 0 Å². The van der Waals surface area contributed by atoms with Gasteiger partial charge in [-0.2, -0.15) is 4.57 Å². The van der Waals surface area contributed by atoms with Crippen molar-refractivity contribution in [2.45, 2.75) is 27.0 Å². The van der Waals surface area contributed by atoms with Crippen molar-refractivity contribution < 1.29 is 19.0 Å². The number of nitro groups is 1. The molecule has 0 saturated carbocycles.